The van der Waals surface area contributed by atoms with Gasteiger partial charge in [0.2, 0.25) is 5.91 Å². The third kappa shape index (κ3) is 3.50. The number of rotatable bonds is 4. The van der Waals surface area contributed by atoms with Crippen molar-refractivity contribution in [3.63, 3.8) is 0 Å². The number of hydrogen-bond donors (Lipinski definition) is 1. The minimum absolute atomic E-state index is 0.0955. The first kappa shape index (κ1) is 16.8. The summed E-state index contributed by atoms with van der Waals surface area (Å²) in [5, 5.41) is 4.31. The van der Waals surface area contributed by atoms with Crippen molar-refractivity contribution in [2.24, 2.45) is 5.92 Å². The molecule has 3 heterocycles. The maximum absolute atomic E-state index is 12.8. The first-order chi connectivity index (χ1) is 12.2. The lowest BCUT2D eigenvalue weighted by Crippen LogP contribution is -2.45. The van der Waals surface area contributed by atoms with Crippen LogP contribution in [0, 0.1) is 12.8 Å². The van der Waals surface area contributed by atoms with Crippen LogP contribution in [0.15, 0.2) is 12.4 Å². The summed E-state index contributed by atoms with van der Waals surface area (Å²) in [6.07, 6.45) is 10.1. The molecule has 0 spiro atoms. The van der Waals surface area contributed by atoms with Crippen LogP contribution in [0.5, 0.6) is 0 Å². The van der Waals surface area contributed by atoms with E-state index < -0.39 is 0 Å². The third-order valence-electron chi connectivity index (χ3n) is 5.55. The maximum atomic E-state index is 12.8. The predicted molar refractivity (Wildman–Crippen MR) is 102 cm³/mol. The molecule has 1 amide bonds. The number of fused-ring (bicyclic) bond motifs is 1. The second kappa shape index (κ2) is 7.28. The number of amides is 1. The Morgan fingerprint density at radius 2 is 2.08 bits per heavy atom. The van der Waals surface area contributed by atoms with Gasteiger partial charge in [0.1, 0.15) is 23.0 Å². The Morgan fingerprint density at radius 1 is 1.24 bits per heavy atom. The summed E-state index contributed by atoms with van der Waals surface area (Å²) in [7, 11) is 0. The Hall–Kier alpha value is -1.69. The molecule has 0 aromatic carbocycles. The molecule has 1 saturated carbocycles. The summed E-state index contributed by atoms with van der Waals surface area (Å²) in [6.45, 7) is 3.82. The molecule has 5 nitrogen and oxygen atoms in total. The molecule has 134 valence electrons. The predicted octanol–water partition coefficient (Wildman–Crippen LogP) is 3.67. The van der Waals surface area contributed by atoms with Crippen molar-refractivity contribution < 1.29 is 4.79 Å². The number of thiophene rings is 1. The van der Waals surface area contributed by atoms with Crippen molar-refractivity contribution in [1.29, 1.82) is 0 Å². The van der Waals surface area contributed by atoms with E-state index in [9.17, 15) is 4.79 Å². The van der Waals surface area contributed by atoms with Crippen LogP contribution in [-0.2, 0) is 4.79 Å². The van der Waals surface area contributed by atoms with Crippen LogP contribution in [0.2, 0.25) is 0 Å². The Kier molecular flexibility index (Phi) is 4.88. The lowest BCUT2D eigenvalue weighted by Gasteiger charge is -2.27. The topological polar surface area (TPSA) is 58.1 Å². The second-order valence-corrected chi connectivity index (χ2v) is 8.61. The van der Waals surface area contributed by atoms with Crippen molar-refractivity contribution in [1.82, 2.24) is 15.3 Å². The molecular weight excluding hydrogens is 332 g/mol. The number of nitrogens with one attached hydrogen (secondary N) is 1. The van der Waals surface area contributed by atoms with Gasteiger partial charge in [-0.25, -0.2) is 9.97 Å². The fourth-order valence-electron chi connectivity index (χ4n) is 4.24. The highest BCUT2D eigenvalue weighted by molar-refractivity contribution is 7.18. The van der Waals surface area contributed by atoms with E-state index in [-0.39, 0.29) is 11.9 Å². The van der Waals surface area contributed by atoms with Crippen molar-refractivity contribution >= 4 is 33.3 Å². The van der Waals surface area contributed by atoms with Gasteiger partial charge < -0.3 is 10.2 Å². The quantitative estimate of drug-likeness (QED) is 0.906. The smallest absolute Gasteiger partial charge is 0.242 e. The van der Waals surface area contributed by atoms with Crippen LogP contribution < -0.4 is 10.2 Å². The van der Waals surface area contributed by atoms with E-state index in [0.29, 0.717) is 5.92 Å². The van der Waals surface area contributed by atoms with Crippen LogP contribution in [0.1, 0.15) is 49.8 Å². The van der Waals surface area contributed by atoms with E-state index >= 15 is 0 Å². The van der Waals surface area contributed by atoms with Gasteiger partial charge in [-0.15, -0.1) is 11.3 Å². The molecule has 1 atom stereocenters. The summed E-state index contributed by atoms with van der Waals surface area (Å²) in [6, 6.07) is 2.05. The number of aryl methyl sites for hydroxylation is 1. The molecule has 25 heavy (non-hydrogen) atoms. The van der Waals surface area contributed by atoms with E-state index in [1.807, 2.05) is 0 Å². The molecule has 1 N–H and O–H groups in total. The van der Waals surface area contributed by atoms with Crippen molar-refractivity contribution in [2.75, 3.05) is 18.0 Å². The van der Waals surface area contributed by atoms with Crippen molar-refractivity contribution in [2.45, 2.75) is 57.9 Å². The minimum Gasteiger partial charge on any atom is -0.354 e. The number of aromatic nitrogens is 2. The molecule has 2 aromatic rings. The van der Waals surface area contributed by atoms with Gasteiger partial charge in [0, 0.05) is 18.0 Å². The highest BCUT2D eigenvalue weighted by Gasteiger charge is 2.33. The molecule has 2 aromatic heterocycles. The molecule has 0 bridgehead atoms. The van der Waals surface area contributed by atoms with E-state index in [1.54, 1.807) is 17.7 Å². The van der Waals surface area contributed by atoms with Gasteiger partial charge >= 0.3 is 0 Å². The van der Waals surface area contributed by atoms with Crippen LogP contribution in [0.3, 0.4) is 0 Å². The number of anilines is 1. The lowest BCUT2D eigenvalue weighted by atomic mass is 9.89. The first-order valence-electron chi connectivity index (χ1n) is 9.48. The van der Waals surface area contributed by atoms with Crippen LogP contribution in [0.4, 0.5) is 5.82 Å². The van der Waals surface area contributed by atoms with Gasteiger partial charge in [-0.2, -0.15) is 0 Å². The fourth-order valence-corrected chi connectivity index (χ4v) is 5.08. The van der Waals surface area contributed by atoms with Gasteiger partial charge in [-0.1, -0.05) is 19.3 Å². The van der Waals surface area contributed by atoms with Crippen molar-refractivity contribution in [3.8, 4) is 0 Å². The molecule has 4 rings (SSSR count). The van der Waals surface area contributed by atoms with Crippen LogP contribution >= 0.6 is 11.3 Å². The molecule has 1 aliphatic heterocycles. The number of hydrogen-bond acceptors (Lipinski definition) is 5. The van der Waals surface area contributed by atoms with Gasteiger partial charge in [0.15, 0.2) is 0 Å². The number of nitrogens with zero attached hydrogens (tertiary/aromatic N) is 3. The number of carbonyl (C=O) groups is 1. The molecule has 0 radical (unpaired) electrons. The molecule has 1 unspecified atom stereocenters. The molecule has 2 fully saturated rings. The van der Waals surface area contributed by atoms with Crippen molar-refractivity contribution in [3.05, 3.63) is 17.3 Å². The van der Waals surface area contributed by atoms with Gasteiger partial charge in [-0.3, -0.25) is 4.79 Å². The van der Waals surface area contributed by atoms with Gasteiger partial charge in [0.05, 0.1) is 5.39 Å². The molecule has 1 saturated heterocycles. The number of carbonyl (C=O) groups excluding carboxylic acids is 1. The minimum atomic E-state index is -0.0955. The highest BCUT2D eigenvalue weighted by atomic mass is 32.1. The van der Waals surface area contributed by atoms with Crippen LogP contribution in [0.25, 0.3) is 10.2 Å². The monoisotopic (exact) mass is 358 g/mol. The Bertz CT molecular complexity index is 753. The average Bonchev–Trinajstić information content (AvgIpc) is 3.25. The van der Waals surface area contributed by atoms with Gasteiger partial charge in [0.25, 0.3) is 0 Å². The van der Waals surface area contributed by atoms with E-state index in [2.05, 4.69) is 33.2 Å². The molecule has 6 heteroatoms. The second-order valence-electron chi connectivity index (χ2n) is 7.37. The zero-order valence-corrected chi connectivity index (χ0v) is 15.6. The zero-order valence-electron chi connectivity index (χ0n) is 14.8. The largest absolute Gasteiger partial charge is 0.354 e. The summed E-state index contributed by atoms with van der Waals surface area (Å²) in [4.78, 5) is 26.2. The third-order valence-corrected chi connectivity index (χ3v) is 6.51. The summed E-state index contributed by atoms with van der Waals surface area (Å²) < 4.78 is 0. The SMILES string of the molecule is Cc1cc2c(N3CCCC3C(=O)NCC3CCCCC3)ncnc2s1. The Labute approximate surface area is 152 Å². The highest BCUT2D eigenvalue weighted by Crippen LogP contribution is 2.33. The summed E-state index contributed by atoms with van der Waals surface area (Å²) in [5.74, 6) is 1.75. The van der Waals surface area contributed by atoms with E-state index in [0.717, 1.165) is 42.0 Å². The molecular formula is C19H26N4OS. The lowest BCUT2D eigenvalue weighted by molar-refractivity contribution is -0.122. The zero-order chi connectivity index (χ0) is 17.2. The Balaban J connectivity index is 1.48. The summed E-state index contributed by atoms with van der Waals surface area (Å²) in [5.41, 5.74) is 0. The normalized spacial score (nSPS) is 21.8. The first-order valence-corrected chi connectivity index (χ1v) is 10.3. The summed E-state index contributed by atoms with van der Waals surface area (Å²) >= 11 is 1.69. The fraction of sp³-hybridized carbons (Fsp3) is 0.632. The van der Waals surface area contributed by atoms with E-state index in [4.69, 9.17) is 0 Å². The maximum Gasteiger partial charge on any atom is 0.242 e. The molecule has 1 aliphatic carbocycles. The molecule has 2 aliphatic rings. The van der Waals surface area contributed by atoms with Crippen LogP contribution in [-0.4, -0.2) is 35.0 Å². The average molecular weight is 359 g/mol. The van der Waals surface area contributed by atoms with E-state index in [1.165, 1.54) is 37.0 Å². The van der Waals surface area contributed by atoms with Gasteiger partial charge in [-0.05, 0) is 44.6 Å². The standard InChI is InChI=1S/C19H26N4OS/c1-13-10-15-17(21-12-22-19(15)25-13)23-9-5-8-16(23)18(24)20-11-14-6-3-2-4-7-14/h10,12,14,16H,2-9,11H2,1H3,(H,20,24). The Morgan fingerprint density at radius 3 is 2.92 bits per heavy atom.